The van der Waals surface area contributed by atoms with Crippen molar-refractivity contribution in [1.29, 1.82) is 0 Å². The molecule has 1 heterocycles. The molecule has 1 aromatic carbocycles. The second-order valence-electron chi connectivity index (χ2n) is 4.05. The molecule has 1 amide bonds. The van der Waals surface area contributed by atoms with Gasteiger partial charge in [0.25, 0.3) is 0 Å². The average molecular weight is 254 g/mol. The van der Waals surface area contributed by atoms with Crippen molar-refractivity contribution in [3.05, 3.63) is 54.5 Å². The first-order valence-corrected chi connectivity index (χ1v) is 5.84. The highest BCUT2D eigenvalue weighted by Crippen LogP contribution is 2.27. The number of hydrogen-bond donors (Lipinski definition) is 2. The number of benzene rings is 1. The molecule has 4 heteroatoms. The summed E-state index contributed by atoms with van der Waals surface area (Å²) in [6.45, 7) is 1.45. The minimum absolute atomic E-state index is 0.127. The Morgan fingerprint density at radius 3 is 2.89 bits per heavy atom. The summed E-state index contributed by atoms with van der Waals surface area (Å²) in [7, 11) is 0. The van der Waals surface area contributed by atoms with E-state index in [1.807, 2.05) is 12.1 Å². The van der Waals surface area contributed by atoms with Gasteiger partial charge in [-0.1, -0.05) is 12.1 Å². The molecule has 19 heavy (non-hydrogen) atoms. The number of nitrogens with one attached hydrogen (secondary N) is 1. The lowest BCUT2D eigenvalue weighted by atomic mass is 10.0. The Kier molecular flexibility index (Phi) is 3.93. The third-order valence-corrected chi connectivity index (χ3v) is 2.56. The van der Waals surface area contributed by atoms with Crippen molar-refractivity contribution < 1.29 is 9.90 Å². The fourth-order valence-electron chi connectivity index (χ4n) is 1.71. The summed E-state index contributed by atoms with van der Waals surface area (Å²) in [6, 6.07) is 8.81. The first-order valence-electron chi connectivity index (χ1n) is 5.84. The molecule has 0 bridgehead atoms. The molecule has 0 aliphatic carbocycles. The maximum atomic E-state index is 10.8. The molecule has 96 valence electrons. The Bertz CT molecular complexity index is 607. The summed E-state index contributed by atoms with van der Waals surface area (Å²) >= 11 is 0. The lowest BCUT2D eigenvalue weighted by molar-refractivity contribution is -0.118. The van der Waals surface area contributed by atoms with E-state index >= 15 is 0 Å². The number of aromatic hydroxyl groups is 1. The molecule has 0 aliphatic rings. The number of phenolic OH excluding ortho intramolecular Hbond substituents is 1. The number of amides is 1. The minimum atomic E-state index is -0.127. The van der Waals surface area contributed by atoms with Crippen molar-refractivity contribution in [2.24, 2.45) is 0 Å². The van der Waals surface area contributed by atoms with Crippen LogP contribution in [-0.2, 0) is 4.79 Å². The van der Waals surface area contributed by atoms with Crippen molar-refractivity contribution in [2.45, 2.75) is 6.92 Å². The van der Waals surface area contributed by atoms with Crippen LogP contribution < -0.4 is 5.32 Å². The number of phenols is 1. The smallest absolute Gasteiger partial charge is 0.220 e. The van der Waals surface area contributed by atoms with Crippen LogP contribution in [0.25, 0.3) is 17.2 Å². The molecule has 4 nitrogen and oxygen atoms in total. The van der Waals surface area contributed by atoms with E-state index < -0.39 is 0 Å². The summed E-state index contributed by atoms with van der Waals surface area (Å²) in [4.78, 5) is 14.9. The van der Waals surface area contributed by atoms with E-state index in [9.17, 15) is 9.90 Å². The number of carbonyl (C=O) groups is 1. The van der Waals surface area contributed by atoms with E-state index in [-0.39, 0.29) is 11.7 Å². The molecular weight excluding hydrogens is 240 g/mol. The topological polar surface area (TPSA) is 62.2 Å². The number of hydrogen-bond acceptors (Lipinski definition) is 3. The van der Waals surface area contributed by atoms with E-state index in [1.54, 1.807) is 42.9 Å². The highest BCUT2D eigenvalue weighted by atomic mass is 16.3. The van der Waals surface area contributed by atoms with E-state index in [1.165, 1.54) is 6.92 Å². The molecule has 0 unspecified atom stereocenters. The summed E-state index contributed by atoms with van der Waals surface area (Å²) in [5.74, 6) is 0.0634. The highest BCUT2D eigenvalue weighted by Gasteiger charge is 2.04. The number of pyridine rings is 1. The van der Waals surface area contributed by atoms with Crippen LogP contribution in [0, 0.1) is 0 Å². The van der Waals surface area contributed by atoms with E-state index in [4.69, 9.17) is 0 Å². The fraction of sp³-hybridized carbons (Fsp3) is 0.0667. The van der Waals surface area contributed by atoms with Crippen LogP contribution in [0.5, 0.6) is 5.75 Å². The largest absolute Gasteiger partial charge is 0.508 e. The van der Waals surface area contributed by atoms with Crippen molar-refractivity contribution in [2.75, 3.05) is 0 Å². The van der Waals surface area contributed by atoms with Crippen LogP contribution in [0.3, 0.4) is 0 Å². The predicted octanol–water partition coefficient (Wildman–Crippen LogP) is 2.56. The Morgan fingerprint density at radius 2 is 2.21 bits per heavy atom. The van der Waals surface area contributed by atoms with E-state index in [0.717, 1.165) is 16.7 Å². The number of aromatic nitrogens is 1. The number of nitrogens with zero attached hydrogens (tertiary/aromatic N) is 1. The molecule has 0 spiro atoms. The van der Waals surface area contributed by atoms with Gasteiger partial charge in [-0.05, 0) is 35.4 Å². The van der Waals surface area contributed by atoms with Gasteiger partial charge in [0.2, 0.25) is 5.91 Å². The summed E-state index contributed by atoms with van der Waals surface area (Å²) in [5.41, 5.74) is 2.65. The Balaban J connectivity index is 2.39. The van der Waals surface area contributed by atoms with Gasteiger partial charge in [-0.3, -0.25) is 9.78 Å². The van der Waals surface area contributed by atoms with Crippen LogP contribution in [0.1, 0.15) is 12.5 Å². The van der Waals surface area contributed by atoms with Crippen molar-refractivity contribution in [3.8, 4) is 16.9 Å². The fourth-order valence-corrected chi connectivity index (χ4v) is 1.71. The first-order chi connectivity index (χ1) is 9.16. The average Bonchev–Trinajstić information content (AvgIpc) is 2.41. The molecule has 0 fully saturated rings. The van der Waals surface area contributed by atoms with Crippen LogP contribution >= 0.6 is 0 Å². The zero-order valence-corrected chi connectivity index (χ0v) is 10.5. The van der Waals surface area contributed by atoms with Gasteiger partial charge >= 0.3 is 0 Å². The highest BCUT2D eigenvalue weighted by molar-refractivity contribution is 5.78. The van der Waals surface area contributed by atoms with Gasteiger partial charge in [0, 0.05) is 31.1 Å². The quantitative estimate of drug-likeness (QED) is 0.884. The molecule has 1 aromatic heterocycles. The lowest BCUT2D eigenvalue weighted by Gasteiger charge is -2.06. The molecule has 2 N–H and O–H groups in total. The molecule has 0 radical (unpaired) electrons. The van der Waals surface area contributed by atoms with Gasteiger partial charge in [-0.15, -0.1) is 0 Å². The van der Waals surface area contributed by atoms with E-state index in [2.05, 4.69) is 10.3 Å². The normalized spacial score (nSPS) is 10.6. The zero-order chi connectivity index (χ0) is 13.7. The molecule has 0 saturated carbocycles. The SMILES string of the molecule is CC(=O)NC=Cc1ccc(O)cc1-c1cccnc1. The zero-order valence-electron chi connectivity index (χ0n) is 10.5. The molecular formula is C15H14N2O2. The van der Waals surface area contributed by atoms with Crippen LogP contribution in [-0.4, -0.2) is 16.0 Å². The predicted molar refractivity (Wildman–Crippen MR) is 74.2 cm³/mol. The molecule has 0 saturated heterocycles. The molecule has 0 aliphatic heterocycles. The Morgan fingerprint density at radius 1 is 1.37 bits per heavy atom. The second-order valence-corrected chi connectivity index (χ2v) is 4.05. The summed E-state index contributed by atoms with van der Waals surface area (Å²) < 4.78 is 0. The van der Waals surface area contributed by atoms with Crippen molar-refractivity contribution >= 4 is 12.0 Å². The molecule has 2 aromatic rings. The third kappa shape index (κ3) is 3.42. The Labute approximate surface area is 111 Å². The summed E-state index contributed by atoms with van der Waals surface area (Å²) in [6.07, 6.45) is 6.78. The monoisotopic (exact) mass is 254 g/mol. The maximum absolute atomic E-state index is 10.8. The lowest BCUT2D eigenvalue weighted by Crippen LogP contribution is -2.11. The standard InChI is InChI=1S/C15H14N2O2/c1-11(18)17-8-6-12-4-5-14(19)9-15(12)13-3-2-7-16-10-13/h2-10,19H,1H3,(H,17,18). The van der Waals surface area contributed by atoms with Gasteiger partial charge in [0.1, 0.15) is 5.75 Å². The van der Waals surface area contributed by atoms with E-state index in [0.29, 0.717) is 0 Å². The van der Waals surface area contributed by atoms with Crippen molar-refractivity contribution in [3.63, 3.8) is 0 Å². The molecule has 0 atom stereocenters. The third-order valence-electron chi connectivity index (χ3n) is 2.56. The minimum Gasteiger partial charge on any atom is -0.508 e. The van der Waals surface area contributed by atoms with Crippen LogP contribution in [0.15, 0.2) is 48.9 Å². The first kappa shape index (κ1) is 12.8. The van der Waals surface area contributed by atoms with Gasteiger partial charge in [0.05, 0.1) is 0 Å². The van der Waals surface area contributed by atoms with Gasteiger partial charge in [0.15, 0.2) is 0 Å². The molecule has 2 rings (SSSR count). The Hall–Kier alpha value is -2.62. The second kappa shape index (κ2) is 5.82. The number of rotatable bonds is 3. The van der Waals surface area contributed by atoms with Crippen LogP contribution in [0.4, 0.5) is 0 Å². The van der Waals surface area contributed by atoms with Gasteiger partial charge in [-0.25, -0.2) is 0 Å². The van der Waals surface area contributed by atoms with Gasteiger partial charge < -0.3 is 10.4 Å². The van der Waals surface area contributed by atoms with Gasteiger partial charge in [-0.2, -0.15) is 0 Å². The summed E-state index contributed by atoms with van der Waals surface area (Å²) in [5, 5.41) is 12.2. The van der Waals surface area contributed by atoms with Crippen molar-refractivity contribution in [1.82, 2.24) is 10.3 Å². The van der Waals surface area contributed by atoms with Crippen LogP contribution in [0.2, 0.25) is 0 Å². The number of carbonyl (C=O) groups excluding carboxylic acids is 1. The maximum Gasteiger partial charge on any atom is 0.220 e.